The largest absolute Gasteiger partial charge is 0.390 e. The number of rotatable bonds is 4. The molecule has 0 saturated carbocycles. The lowest BCUT2D eigenvalue weighted by molar-refractivity contribution is 0.162. The third-order valence-corrected chi connectivity index (χ3v) is 2.31. The van der Waals surface area contributed by atoms with Gasteiger partial charge in [0.05, 0.1) is 6.10 Å². The van der Waals surface area contributed by atoms with Crippen LogP contribution in [0.1, 0.15) is 20.3 Å². The zero-order valence-corrected chi connectivity index (χ0v) is 8.01. The van der Waals surface area contributed by atoms with Gasteiger partial charge in [-0.2, -0.15) is 0 Å². The number of aliphatic hydroxyl groups is 1. The van der Waals surface area contributed by atoms with Gasteiger partial charge in [-0.1, -0.05) is 13.8 Å². The van der Waals surface area contributed by atoms with Crippen molar-refractivity contribution in [2.45, 2.75) is 32.4 Å². The molecule has 1 rings (SSSR count). The molecule has 2 atom stereocenters. The highest BCUT2D eigenvalue weighted by atomic mass is 16.3. The van der Waals surface area contributed by atoms with Crippen molar-refractivity contribution >= 4 is 0 Å². The molecule has 1 heterocycles. The molecule has 0 radical (unpaired) electrons. The second-order valence-electron chi connectivity index (χ2n) is 3.97. The summed E-state index contributed by atoms with van der Waals surface area (Å²) in [4.78, 5) is 0. The molecule has 0 amide bonds. The lowest BCUT2D eigenvalue weighted by Crippen LogP contribution is -2.39. The lowest BCUT2D eigenvalue weighted by atomic mass is 10.1. The first-order chi connectivity index (χ1) is 5.70. The Kier molecular flexibility index (Phi) is 3.98. The molecule has 3 N–H and O–H groups in total. The fourth-order valence-electron chi connectivity index (χ4n) is 1.43. The Morgan fingerprint density at radius 2 is 2.25 bits per heavy atom. The molecule has 12 heavy (non-hydrogen) atoms. The Labute approximate surface area is 74.5 Å². The van der Waals surface area contributed by atoms with Gasteiger partial charge >= 0.3 is 0 Å². The maximum Gasteiger partial charge on any atom is 0.0829 e. The van der Waals surface area contributed by atoms with E-state index >= 15 is 0 Å². The Morgan fingerprint density at radius 1 is 1.50 bits per heavy atom. The van der Waals surface area contributed by atoms with Crippen LogP contribution in [0.15, 0.2) is 0 Å². The molecule has 0 bridgehead atoms. The molecule has 72 valence electrons. The normalized spacial score (nSPS) is 30.0. The van der Waals surface area contributed by atoms with Crippen LogP contribution in [0.25, 0.3) is 0 Å². The molecule has 0 spiro atoms. The Morgan fingerprint density at radius 3 is 2.75 bits per heavy atom. The first kappa shape index (κ1) is 9.96. The minimum absolute atomic E-state index is 0.197. The Bertz CT molecular complexity index is 128. The second-order valence-corrected chi connectivity index (χ2v) is 3.97. The van der Waals surface area contributed by atoms with Crippen LogP contribution < -0.4 is 10.6 Å². The van der Waals surface area contributed by atoms with Crippen LogP contribution in [-0.2, 0) is 0 Å². The molecule has 0 unspecified atom stereocenters. The minimum Gasteiger partial charge on any atom is -0.390 e. The summed E-state index contributed by atoms with van der Waals surface area (Å²) < 4.78 is 0. The van der Waals surface area contributed by atoms with E-state index in [1.165, 1.54) is 6.42 Å². The third-order valence-electron chi connectivity index (χ3n) is 2.31. The monoisotopic (exact) mass is 172 g/mol. The predicted octanol–water partition coefficient (Wildman–Crippen LogP) is -0.0452. The molecule has 1 saturated heterocycles. The number of β-amino-alcohol motifs (C(OH)–C–C–N with tert-alkyl or cyclic N) is 1. The van der Waals surface area contributed by atoms with Gasteiger partial charge in [0.15, 0.2) is 0 Å². The van der Waals surface area contributed by atoms with Crippen LogP contribution in [-0.4, -0.2) is 36.9 Å². The number of hydrogen-bond donors (Lipinski definition) is 3. The highest BCUT2D eigenvalue weighted by Crippen LogP contribution is 2.01. The zero-order valence-electron chi connectivity index (χ0n) is 8.01. The summed E-state index contributed by atoms with van der Waals surface area (Å²) in [5.74, 6) is 0.740. The van der Waals surface area contributed by atoms with Crippen LogP contribution in [0.2, 0.25) is 0 Å². The van der Waals surface area contributed by atoms with Gasteiger partial charge in [0.25, 0.3) is 0 Å². The average molecular weight is 172 g/mol. The quantitative estimate of drug-likeness (QED) is 0.557. The summed E-state index contributed by atoms with van der Waals surface area (Å²) >= 11 is 0. The number of hydrogen-bond acceptors (Lipinski definition) is 3. The molecular weight excluding hydrogens is 152 g/mol. The summed E-state index contributed by atoms with van der Waals surface area (Å²) in [6, 6.07) is 0.267. The highest BCUT2D eigenvalue weighted by Gasteiger charge is 2.23. The van der Waals surface area contributed by atoms with Crippen LogP contribution in [0, 0.1) is 5.92 Å². The first-order valence-electron chi connectivity index (χ1n) is 4.82. The summed E-state index contributed by atoms with van der Waals surface area (Å²) in [6.45, 7) is 7.08. The third kappa shape index (κ3) is 3.09. The zero-order chi connectivity index (χ0) is 8.97. The van der Waals surface area contributed by atoms with E-state index in [0.717, 1.165) is 25.6 Å². The van der Waals surface area contributed by atoms with Gasteiger partial charge in [-0.05, 0) is 18.9 Å². The molecule has 1 aliphatic rings. The predicted molar refractivity (Wildman–Crippen MR) is 50.1 cm³/mol. The molecule has 3 nitrogen and oxygen atoms in total. The molecular formula is C9H20N2O. The maximum atomic E-state index is 9.43. The molecule has 3 heteroatoms. The van der Waals surface area contributed by atoms with Gasteiger partial charge in [-0.15, -0.1) is 0 Å². The smallest absolute Gasteiger partial charge is 0.0829 e. The van der Waals surface area contributed by atoms with E-state index in [2.05, 4.69) is 24.5 Å². The van der Waals surface area contributed by atoms with Crippen LogP contribution in [0.4, 0.5) is 0 Å². The fraction of sp³-hybridized carbons (Fsp3) is 1.00. The Hall–Kier alpha value is -0.120. The van der Waals surface area contributed by atoms with Gasteiger partial charge in [-0.25, -0.2) is 0 Å². The van der Waals surface area contributed by atoms with Crippen LogP contribution in [0.3, 0.4) is 0 Å². The highest BCUT2D eigenvalue weighted by molar-refractivity contribution is 4.86. The van der Waals surface area contributed by atoms with Crippen molar-refractivity contribution in [2.75, 3.05) is 19.6 Å². The van der Waals surface area contributed by atoms with Gasteiger partial charge in [-0.3, -0.25) is 0 Å². The minimum atomic E-state index is -0.197. The van der Waals surface area contributed by atoms with Crippen LogP contribution >= 0.6 is 0 Å². The van der Waals surface area contributed by atoms with Crippen molar-refractivity contribution in [3.63, 3.8) is 0 Å². The van der Waals surface area contributed by atoms with Crippen molar-refractivity contribution in [3.8, 4) is 0 Å². The first-order valence-corrected chi connectivity index (χ1v) is 4.82. The van der Waals surface area contributed by atoms with E-state index in [1.54, 1.807) is 0 Å². The maximum absolute atomic E-state index is 9.43. The molecule has 1 fully saturated rings. The summed E-state index contributed by atoms with van der Waals surface area (Å²) in [5, 5.41) is 15.9. The van der Waals surface area contributed by atoms with E-state index in [9.17, 15) is 5.11 Å². The van der Waals surface area contributed by atoms with E-state index < -0.39 is 0 Å². The van der Waals surface area contributed by atoms with Gasteiger partial charge in [0, 0.05) is 19.1 Å². The molecule has 0 aromatic rings. The second kappa shape index (κ2) is 4.80. The van der Waals surface area contributed by atoms with Crippen LogP contribution in [0.5, 0.6) is 0 Å². The van der Waals surface area contributed by atoms with E-state index in [0.29, 0.717) is 0 Å². The van der Waals surface area contributed by atoms with E-state index in [-0.39, 0.29) is 12.1 Å². The standard InChI is InChI=1S/C9H20N2O/c1-7(2)3-4-11-8-5-10-6-9(8)12/h7-12H,3-6H2,1-2H3/t8-,9-/m1/s1. The van der Waals surface area contributed by atoms with Crippen molar-refractivity contribution < 1.29 is 5.11 Å². The fourth-order valence-corrected chi connectivity index (χ4v) is 1.43. The topological polar surface area (TPSA) is 44.3 Å². The molecule has 0 aromatic carbocycles. The van der Waals surface area contributed by atoms with Crippen molar-refractivity contribution in [1.82, 2.24) is 10.6 Å². The SMILES string of the molecule is CC(C)CCN[C@@H]1CNC[C@H]1O. The molecule has 0 aromatic heterocycles. The number of nitrogens with one attached hydrogen (secondary N) is 2. The number of aliphatic hydroxyl groups excluding tert-OH is 1. The summed E-state index contributed by atoms with van der Waals surface area (Å²) in [7, 11) is 0. The van der Waals surface area contributed by atoms with Crippen molar-refractivity contribution in [2.24, 2.45) is 5.92 Å². The lowest BCUT2D eigenvalue weighted by Gasteiger charge is -2.15. The average Bonchev–Trinajstić information content (AvgIpc) is 2.36. The van der Waals surface area contributed by atoms with Gasteiger partial charge in [0.2, 0.25) is 0 Å². The molecule has 1 aliphatic heterocycles. The Balaban J connectivity index is 2.06. The van der Waals surface area contributed by atoms with Gasteiger partial charge < -0.3 is 15.7 Å². The van der Waals surface area contributed by atoms with Crippen molar-refractivity contribution in [3.05, 3.63) is 0 Å². The summed E-state index contributed by atoms with van der Waals surface area (Å²) in [6.07, 6.45) is 0.987. The van der Waals surface area contributed by atoms with E-state index in [1.807, 2.05) is 0 Å². The molecule has 0 aliphatic carbocycles. The van der Waals surface area contributed by atoms with E-state index in [4.69, 9.17) is 0 Å². The van der Waals surface area contributed by atoms with Crippen molar-refractivity contribution in [1.29, 1.82) is 0 Å². The van der Waals surface area contributed by atoms with Gasteiger partial charge in [0.1, 0.15) is 0 Å². The summed E-state index contributed by atoms with van der Waals surface area (Å²) in [5.41, 5.74) is 0.